The molecule has 126 valence electrons. The van der Waals surface area contributed by atoms with Crippen LogP contribution in [0.4, 0.5) is 11.4 Å². The highest BCUT2D eigenvalue weighted by Gasteiger charge is 2.23. The van der Waals surface area contributed by atoms with Crippen molar-refractivity contribution in [3.8, 4) is 0 Å². The van der Waals surface area contributed by atoms with E-state index in [9.17, 15) is 24.8 Å². The summed E-state index contributed by atoms with van der Waals surface area (Å²) in [6, 6.07) is 7.81. The first-order chi connectivity index (χ1) is 11.5. The molecule has 1 amide bonds. The molecule has 9 heteroatoms. The van der Waals surface area contributed by atoms with Gasteiger partial charge in [0.15, 0.2) is 11.8 Å². The number of nitro benzene ring substituents is 1. The molecule has 0 aliphatic rings. The van der Waals surface area contributed by atoms with Crippen molar-refractivity contribution in [2.45, 2.75) is 19.0 Å². The van der Waals surface area contributed by atoms with Crippen LogP contribution in [0.25, 0.3) is 0 Å². The maximum absolute atomic E-state index is 12.3. The van der Waals surface area contributed by atoms with Crippen LogP contribution in [0.5, 0.6) is 0 Å². The number of carboxylic acid groups (broad SMARTS) is 1. The minimum Gasteiger partial charge on any atom is -0.550 e. The van der Waals surface area contributed by atoms with Crippen molar-refractivity contribution in [2.75, 3.05) is 5.32 Å². The zero-order valence-electron chi connectivity index (χ0n) is 12.5. The van der Waals surface area contributed by atoms with Gasteiger partial charge < -0.3 is 25.0 Å². The van der Waals surface area contributed by atoms with E-state index >= 15 is 0 Å². The van der Waals surface area contributed by atoms with Gasteiger partial charge in [0, 0.05) is 30.2 Å². The second kappa shape index (κ2) is 7.88. The van der Waals surface area contributed by atoms with Gasteiger partial charge in [0.05, 0.1) is 11.2 Å². The van der Waals surface area contributed by atoms with Gasteiger partial charge in [0.1, 0.15) is 6.54 Å². The molecule has 0 spiro atoms. The van der Waals surface area contributed by atoms with Gasteiger partial charge >= 0.3 is 0 Å². The normalized spacial score (nSPS) is 11.7. The number of nitrogens with two attached hydrogens (primary N) is 1. The van der Waals surface area contributed by atoms with Crippen molar-refractivity contribution < 1.29 is 29.4 Å². The second-order valence-corrected chi connectivity index (χ2v) is 5.00. The van der Waals surface area contributed by atoms with Gasteiger partial charge in [-0.25, -0.2) is 0 Å². The average Bonchev–Trinajstić information content (AvgIpc) is 3.04. The zero-order chi connectivity index (χ0) is 17.5. The Morgan fingerprint density at radius 1 is 1.29 bits per heavy atom. The molecule has 0 saturated heterocycles. The number of hydrogen-bond donors (Lipinski definition) is 2. The summed E-state index contributed by atoms with van der Waals surface area (Å²) in [5, 5.41) is 25.6. The Kier molecular flexibility index (Phi) is 5.63. The van der Waals surface area contributed by atoms with Crippen LogP contribution in [0.15, 0.2) is 47.1 Å². The number of nitrogens with one attached hydrogen (secondary N) is 1. The lowest BCUT2D eigenvalue weighted by molar-refractivity contribution is -0.693. The number of quaternary nitrogens is 1. The Bertz CT molecular complexity index is 729. The Labute approximate surface area is 136 Å². The number of carboxylic acids is 1. The van der Waals surface area contributed by atoms with Crippen LogP contribution in [0, 0.1) is 10.1 Å². The van der Waals surface area contributed by atoms with Gasteiger partial charge in [-0.15, -0.1) is 0 Å². The highest BCUT2D eigenvalue weighted by molar-refractivity contribution is 5.95. The highest BCUT2D eigenvalue weighted by Crippen LogP contribution is 2.17. The number of carbonyl (C=O) groups is 2. The smallest absolute Gasteiger partial charge is 0.283 e. The van der Waals surface area contributed by atoms with Gasteiger partial charge in [-0.3, -0.25) is 14.9 Å². The van der Waals surface area contributed by atoms with Gasteiger partial charge in [-0.1, -0.05) is 6.07 Å². The number of non-ortho nitro benzene ring substituents is 1. The number of amides is 1. The third-order valence-electron chi connectivity index (χ3n) is 3.23. The molecule has 1 heterocycles. The molecule has 0 saturated carbocycles. The molecule has 0 aliphatic carbocycles. The molecule has 2 rings (SSSR count). The number of aliphatic carboxylic acids is 1. The molecular weight excluding hydrogens is 318 g/mol. The molecule has 2 aromatic rings. The van der Waals surface area contributed by atoms with Crippen molar-refractivity contribution in [1.82, 2.24) is 0 Å². The number of hydrogen-bond acceptors (Lipinski definition) is 6. The van der Waals surface area contributed by atoms with Gasteiger partial charge in [0.2, 0.25) is 0 Å². The minimum atomic E-state index is -1.37. The first kappa shape index (κ1) is 17.2. The van der Waals surface area contributed by atoms with Crippen LogP contribution < -0.4 is 15.7 Å². The molecule has 1 aromatic heterocycles. The molecule has 0 unspecified atom stereocenters. The first-order valence-electron chi connectivity index (χ1n) is 7.06. The number of furan rings is 1. The SMILES string of the molecule is O=C([O-])C[C@H]([NH2+]Cc1ccco1)C(=O)Nc1cccc([N+](=O)[O-])c1. The Morgan fingerprint density at radius 3 is 2.71 bits per heavy atom. The summed E-state index contributed by atoms with van der Waals surface area (Å²) in [5.41, 5.74) is 0.0350. The van der Waals surface area contributed by atoms with Gasteiger partial charge in [0.25, 0.3) is 11.6 Å². The summed E-state index contributed by atoms with van der Waals surface area (Å²) in [5.74, 6) is -1.38. The van der Waals surface area contributed by atoms with Crippen molar-refractivity contribution in [1.29, 1.82) is 0 Å². The summed E-state index contributed by atoms with van der Waals surface area (Å²) in [4.78, 5) is 33.3. The van der Waals surface area contributed by atoms with E-state index in [0.29, 0.717) is 5.76 Å². The largest absolute Gasteiger partial charge is 0.550 e. The Morgan fingerprint density at radius 2 is 2.08 bits per heavy atom. The van der Waals surface area contributed by atoms with E-state index in [-0.39, 0.29) is 17.9 Å². The molecule has 3 N–H and O–H groups in total. The molecule has 0 fully saturated rings. The van der Waals surface area contributed by atoms with E-state index in [2.05, 4.69) is 5.32 Å². The molecule has 24 heavy (non-hydrogen) atoms. The van der Waals surface area contributed by atoms with Gasteiger partial charge in [-0.2, -0.15) is 0 Å². The van der Waals surface area contributed by atoms with Crippen LogP contribution >= 0.6 is 0 Å². The average molecular weight is 333 g/mol. The van der Waals surface area contributed by atoms with Crippen LogP contribution in [0.1, 0.15) is 12.2 Å². The Balaban J connectivity index is 2.04. The van der Waals surface area contributed by atoms with E-state index in [1.807, 2.05) is 0 Å². The number of nitro groups is 1. The molecule has 0 radical (unpaired) electrons. The zero-order valence-corrected chi connectivity index (χ0v) is 12.5. The fourth-order valence-corrected chi connectivity index (χ4v) is 2.08. The summed E-state index contributed by atoms with van der Waals surface area (Å²) in [6.07, 6.45) is 0.974. The maximum atomic E-state index is 12.3. The molecular formula is C15H15N3O6. The molecule has 0 aliphatic heterocycles. The van der Waals surface area contributed by atoms with Crippen molar-refractivity contribution in [3.05, 3.63) is 58.5 Å². The third-order valence-corrected chi connectivity index (χ3v) is 3.23. The van der Waals surface area contributed by atoms with E-state index in [4.69, 9.17) is 4.42 Å². The minimum absolute atomic E-state index is 0.177. The number of rotatable bonds is 8. The maximum Gasteiger partial charge on any atom is 0.283 e. The van der Waals surface area contributed by atoms with Crippen LogP contribution in [0.3, 0.4) is 0 Å². The van der Waals surface area contributed by atoms with Gasteiger partial charge in [-0.05, 0) is 18.2 Å². The lowest BCUT2D eigenvalue weighted by atomic mass is 10.1. The van der Waals surface area contributed by atoms with Crippen molar-refractivity contribution in [3.63, 3.8) is 0 Å². The number of carbonyl (C=O) groups excluding carboxylic acids is 2. The summed E-state index contributed by atoms with van der Waals surface area (Å²) < 4.78 is 5.13. The quantitative estimate of drug-likeness (QED) is 0.488. The lowest BCUT2D eigenvalue weighted by Crippen LogP contribution is -2.91. The Hall–Kier alpha value is -3.20. The molecule has 1 atom stereocenters. The number of nitrogens with zero attached hydrogens (tertiary/aromatic N) is 1. The van der Waals surface area contributed by atoms with Crippen LogP contribution in [0.2, 0.25) is 0 Å². The second-order valence-electron chi connectivity index (χ2n) is 5.00. The summed E-state index contributed by atoms with van der Waals surface area (Å²) >= 11 is 0. The fourth-order valence-electron chi connectivity index (χ4n) is 2.08. The highest BCUT2D eigenvalue weighted by atomic mass is 16.6. The first-order valence-corrected chi connectivity index (χ1v) is 7.06. The summed E-state index contributed by atoms with van der Waals surface area (Å²) in [7, 11) is 0. The van der Waals surface area contributed by atoms with Crippen molar-refractivity contribution in [2.24, 2.45) is 0 Å². The molecule has 9 nitrogen and oxygen atoms in total. The molecule has 1 aromatic carbocycles. The topological polar surface area (TPSA) is 142 Å². The van der Waals surface area contributed by atoms with Crippen LogP contribution in [-0.2, 0) is 16.1 Å². The van der Waals surface area contributed by atoms with Crippen molar-refractivity contribution >= 4 is 23.3 Å². The summed E-state index contributed by atoms with van der Waals surface area (Å²) in [6.45, 7) is 0.271. The third kappa shape index (κ3) is 4.92. The number of anilines is 1. The predicted octanol–water partition coefficient (Wildman–Crippen LogP) is -0.601. The monoisotopic (exact) mass is 333 g/mol. The standard InChI is InChI=1S/C15H15N3O6/c19-14(20)8-13(16-9-12-5-2-6-24-12)15(21)17-10-3-1-4-11(7-10)18(22)23/h1-7,13,16H,8-9H2,(H,17,21)(H,19,20)/t13-/m0/s1. The number of benzene rings is 1. The van der Waals surface area contributed by atoms with E-state index in [1.54, 1.807) is 12.1 Å². The lowest BCUT2D eigenvalue weighted by Gasteiger charge is -2.15. The van der Waals surface area contributed by atoms with E-state index in [1.165, 1.54) is 35.8 Å². The van der Waals surface area contributed by atoms with Crippen LogP contribution in [-0.4, -0.2) is 22.8 Å². The van der Waals surface area contributed by atoms with E-state index < -0.39 is 29.3 Å². The molecule has 0 bridgehead atoms. The fraction of sp³-hybridized carbons (Fsp3) is 0.200. The predicted molar refractivity (Wildman–Crippen MR) is 79.5 cm³/mol. The van der Waals surface area contributed by atoms with E-state index in [0.717, 1.165) is 0 Å².